The third-order valence-corrected chi connectivity index (χ3v) is 3.92. The van der Waals surface area contributed by atoms with Crippen molar-refractivity contribution < 1.29 is 14.5 Å². The monoisotopic (exact) mass is 336 g/mol. The Kier molecular flexibility index (Phi) is 5.72. The molecule has 0 spiro atoms. The smallest absolute Gasteiger partial charge is 0.285 e. The molecule has 9 heteroatoms. The first-order valence-electron chi connectivity index (χ1n) is 6.98. The number of aryl methyl sites for hydroxylation is 1. The number of carbonyl (C=O) groups is 1. The van der Waals surface area contributed by atoms with Gasteiger partial charge in [-0.2, -0.15) is 0 Å². The molecule has 0 bridgehead atoms. The summed E-state index contributed by atoms with van der Waals surface area (Å²) in [7, 11) is 0. The van der Waals surface area contributed by atoms with Crippen LogP contribution in [0.2, 0.25) is 0 Å². The Morgan fingerprint density at radius 2 is 2.22 bits per heavy atom. The molecule has 2 rings (SSSR count). The van der Waals surface area contributed by atoms with Crippen LogP contribution in [-0.4, -0.2) is 34.2 Å². The molecule has 0 unspecified atom stereocenters. The summed E-state index contributed by atoms with van der Waals surface area (Å²) in [6, 6.07) is 4.61. The molecule has 8 nitrogen and oxygen atoms in total. The standard InChI is InChI=1S/C14H16N4O4S/c1-3-22-8-7-11-16-17-14(23-11)15-13(19)10-6-4-5-9(2)12(10)18(20)21/h4-6H,3,7-8H2,1-2H3,(H,15,17,19). The summed E-state index contributed by atoms with van der Waals surface area (Å²) in [4.78, 5) is 22.8. The van der Waals surface area contributed by atoms with Crippen molar-refractivity contribution in [2.75, 3.05) is 18.5 Å². The molecule has 1 amide bonds. The van der Waals surface area contributed by atoms with Crippen LogP contribution >= 0.6 is 11.3 Å². The van der Waals surface area contributed by atoms with E-state index in [1.54, 1.807) is 19.1 Å². The van der Waals surface area contributed by atoms with Crippen LogP contribution in [0.1, 0.15) is 27.9 Å². The molecule has 0 atom stereocenters. The van der Waals surface area contributed by atoms with E-state index < -0.39 is 10.8 Å². The number of nitrogens with one attached hydrogen (secondary N) is 1. The fourth-order valence-electron chi connectivity index (χ4n) is 1.96. The van der Waals surface area contributed by atoms with Gasteiger partial charge >= 0.3 is 0 Å². The lowest BCUT2D eigenvalue weighted by Gasteiger charge is -2.04. The Hall–Kier alpha value is -2.39. The van der Waals surface area contributed by atoms with Crippen molar-refractivity contribution in [3.63, 3.8) is 0 Å². The SMILES string of the molecule is CCOCCc1nnc(NC(=O)c2cccc(C)c2[N+](=O)[O-])s1. The van der Waals surface area contributed by atoms with Crippen LogP contribution in [0.5, 0.6) is 0 Å². The third-order valence-electron chi connectivity index (χ3n) is 3.02. The van der Waals surface area contributed by atoms with Crippen molar-refractivity contribution in [2.24, 2.45) is 0 Å². The van der Waals surface area contributed by atoms with E-state index in [0.717, 1.165) is 5.01 Å². The number of nitro groups is 1. The Labute approximate surface area is 136 Å². The highest BCUT2D eigenvalue weighted by Gasteiger charge is 2.23. The van der Waals surface area contributed by atoms with Gasteiger partial charge in [0, 0.05) is 18.6 Å². The van der Waals surface area contributed by atoms with Crippen molar-refractivity contribution in [3.05, 3.63) is 44.4 Å². The maximum atomic E-state index is 12.3. The molecule has 0 saturated heterocycles. The minimum atomic E-state index is -0.576. The average Bonchev–Trinajstić information content (AvgIpc) is 2.94. The quantitative estimate of drug-likeness (QED) is 0.473. The van der Waals surface area contributed by atoms with Crippen LogP contribution in [0.25, 0.3) is 0 Å². The van der Waals surface area contributed by atoms with E-state index in [9.17, 15) is 14.9 Å². The fourth-order valence-corrected chi connectivity index (χ4v) is 2.67. The molecule has 122 valence electrons. The second kappa shape index (κ2) is 7.75. The molecule has 23 heavy (non-hydrogen) atoms. The van der Waals surface area contributed by atoms with Crippen molar-refractivity contribution in [1.29, 1.82) is 0 Å². The fraction of sp³-hybridized carbons (Fsp3) is 0.357. The highest BCUT2D eigenvalue weighted by molar-refractivity contribution is 7.15. The number of hydrogen-bond donors (Lipinski definition) is 1. The average molecular weight is 336 g/mol. The van der Waals surface area contributed by atoms with Gasteiger partial charge in [-0.3, -0.25) is 20.2 Å². The molecule has 0 saturated carbocycles. The molecule has 1 aromatic heterocycles. The van der Waals surface area contributed by atoms with Gasteiger partial charge in [-0.25, -0.2) is 0 Å². The molecule has 1 N–H and O–H groups in total. The maximum absolute atomic E-state index is 12.3. The normalized spacial score (nSPS) is 10.5. The highest BCUT2D eigenvalue weighted by Crippen LogP contribution is 2.24. The largest absolute Gasteiger partial charge is 0.381 e. The number of amides is 1. The van der Waals surface area contributed by atoms with Gasteiger partial charge in [-0.05, 0) is 19.9 Å². The summed E-state index contributed by atoms with van der Waals surface area (Å²) in [6.07, 6.45) is 0.603. The van der Waals surface area contributed by atoms with E-state index in [2.05, 4.69) is 15.5 Å². The number of aromatic nitrogens is 2. The zero-order valence-electron chi connectivity index (χ0n) is 12.7. The van der Waals surface area contributed by atoms with Gasteiger partial charge in [-0.15, -0.1) is 10.2 Å². The predicted octanol–water partition coefficient (Wildman–Crippen LogP) is 2.59. The lowest BCUT2D eigenvalue weighted by atomic mass is 10.1. The van der Waals surface area contributed by atoms with Gasteiger partial charge in [0.15, 0.2) is 0 Å². The Balaban J connectivity index is 2.11. The van der Waals surface area contributed by atoms with E-state index in [0.29, 0.717) is 30.3 Å². The summed E-state index contributed by atoms with van der Waals surface area (Å²) in [6.45, 7) is 4.65. The molecule has 2 aromatic rings. The van der Waals surface area contributed by atoms with E-state index in [-0.39, 0.29) is 11.3 Å². The van der Waals surface area contributed by atoms with Gasteiger partial charge in [0.2, 0.25) is 5.13 Å². The molecule has 0 fully saturated rings. The first-order chi connectivity index (χ1) is 11.0. The predicted molar refractivity (Wildman–Crippen MR) is 85.9 cm³/mol. The van der Waals surface area contributed by atoms with Gasteiger partial charge in [-0.1, -0.05) is 23.5 Å². The van der Waals surface area contributed by atoms with Crippen LogP contribution < -0.4 is 5.32 Å². The number of nitro benzene ring substituents is 1. The van der Waals surface area contributed by atoms with Gasteiger partial charge in [0.25, 0.3) is 11.6 Å². The Morgan fingerprint density at radius 1 is 1.43 bits per heavy atom. The molecule has 1 heterocycles. The molecule has 1 aromatic carbocycles. The number of rotatable bonds is 7. The zero-order valence-corrected chi connectivity index (χ0v) is 13.6. The number of benzene rings is 1. The van der Waals surface area contributed by atoms with Crippen molar-refractivity contribution in [3.8, 4) is 0 Å². The van der Waals surface area contributed by atoms with Crippen molar-refractivity contribution in [2.45, 2.75) is 20.3 Å². The second-order valence-electron chi connectivity index (χ2n) is 4.63. The van der Waals surface area contributed by atoms with Gasteiger partial charge in [0.1, 0.15) is 10.6 Å². The van der Waals surface area contributed by atoms with Crippen LogP contribution in [0.4, 0.5) is 10.8 Å². The van der Waals surface area contributed by atoms with E-state index in [1.807, 2.05) is 6.92 Å². The summed E-state index contributed by atoms with van der Waals surface area (Å²) in [5.41, 5.74) is 0.226. The first-order valence-corrected chi connectivity index (χ1v) is 7.80. The molecule has 0 radical (unpaired) electrons. The molecular formula is C14H16N4O4S. The Bertz CT molecular complexity index is 717. The molecule has 0 aliphatic rings. The number of nitrogens with zero attached hydrogens (tertiary/aromatic N) is 3. The minimum absolute atomic E-state index is 0.000987. The second-order valence-corrected chi connectivity index (χ2v) is 5.69. The van der Waals surface area contributed by atoms with E-state index in [4.69, 9.17) is 4.74 Å². The summed E-state index contributed by atoms with van der Waals surface area (Å²) in [5.74, 6) is -0.576. The topological polar surface area (TPSA) is 107 Å². The van der Waals surface area contributed by atoms with Crippen molar-refractivity contribution >= 4 is 28.1 Å². The number of carbonyl (C=O) groups excluding carboxylic acids is 1. The Morgan fingerprint density at radius 3 is 2.91 bits per heavy atom. The summed E-state index contributed by atoms with van der Waals surface area (Å²) < 4.78 is 5.23. The number of hydrogen-bond acceptors (Lipinski definition) is 7. The van der Waals surface area contributed by atoms with E-state index >= 15 is 0 Å². The highest BCUT2D eigenvalue weighted by atomic mass is 32.1. The van der Waals surface area contributed by atoms with Crippen LogP contribution in [-0.2, 0) is 11.2 Å². The van der Waals surface area contributed by atoms with Crippen molar-refractivity contribution in [1.82, 2.24) is 10.2 Å². The molecular weight excluding hydrogens is 320 g/mol. The van der Waals surface area contributed by atoms with E-state index in [1.165, 1.54) is 17.4 Å². The van der Waals surface area contributed by atoms with Crippen LogP contribution in [0, 0.1) is 17.0 Å². The first kappa shape index (κ1) is 17.0. The lowest BCUT2D eigenvalue weighted by molar-refractivity contribution is -0.385. The summed E-state index contributed by atoms with van der Waals surface area (Å²) >= 11 is 1.22. The van der Waals surface area contributed by atoms with Gasteiger partial charge < -0.3 is 4.74 Å². The zero-order chi connectivity index (χ0) is 16.8. The molecule has 0 aliphatic carbocycles. The van der Waals surface area contributed by atoms with Gasteiger partial charge in [0.05, 0.1) is 11.5 Å². The third kappa shape index (κ3) is 4.30. The maximum Gasteiger partial charge on any atom is 0.285 e. The minimum Gasteiger partial charge on any atom is -0.381 e. The van der Waals surface area contributed by atoms with Crippen LogP contribution in [0.15, 0.2) is 18.2 Å². The number of anilines is 1. The number of ether oxygens (including phenoxy) is 1. The summed E-state index contributed by atoms with van der Waals surface area (Å²) in [5, 5.41) is 22.5. The lowest BCUT2D eigenvalue weighted by Crippen LogP contribution is -2.14. The number of para-hydroxylation sites is 1. The molecule has 0 aliphatic heterocycles. The van der Waals surface area contributed by atoms with Crippen LogP contribution in [0.3, 0.4) is 0 Å².